The van der Waals surface area contributed by atoms with Crippen LogP contribution >= 0.6 is 11.3 Å². The summed E-state index contributed by atoms with van der Waals surface area (Å²) in [5.41, 5.74) is 1.41. The normalized spacial score (nSPS) is 12.2. The smallest absolute Gasteiger partial charge is 0.273 e. The Kier molecular flexibility index (Phi) is 3.87. The molecule has 0 fully saturated rings. The highest BCUT2D eigenvalue weighted by atomic mass is 32.1. The summed E-state index contributed by atoms with van der Waals surface area (Å²) >= 11 is 1.62. The molecule has 1 N–H and O–H groups in total. The van der Waals surface area contributed by atoms with E-state index in [0.29, 0.717) is 12.3 Å². The number of amides is 1. The molecule has 0 aliphatic heterocycles. The third-order valence-electron chi connectivity index (χ3n) is 3.16. The Hall–Kier alpha value is -2.34. The standard InChI is InChI=1S/C15H14N2O3S/c1-10-7-13(17-20-10)15(18)16-8-12(11-4-6-21-9-11)14-3-2-5-19-14/h2-7,9,12H,8H2,1H3,(H,16,18). The van der Waals surface area contributed by atoms with E-state index in [1.807, 2.05) is 23.6 Å². The highest BCUT2D eigenvalue weighted by molar-refractivity contribution is 7.08. The lowest BCUT2D eigenvalue weighted by atomic mass is 9.99. The van der Waals surface area contributed by atoms with Gasteiger partial charge in [0, 0.05) is 12.6 Å². The number of aryl methyl sites for hydroxylation is 1. The van der Waals surface area contributed by atoms with Crippen molar-refractivity contribution in [2.75, 3.05) is 6.54 Å². The van der Waals surface area contributed by atoms with Crippen LogP contribution in [0.5, 0.6) is 0 Å². The second kappa shape index (κ2) is 5.97. The van der Waals surface area contributed by atoms with Crippen LogP contribution in [0.15, 0.2) is 50.2 Å². The molecule has 21 heavy (non-hydrogen) atoms. The molecule has 5 nitrogen and oxygen atoms in total. The van der Waals surface area contributed by atoms with Crippen LogP contribution in [-0.4, -0.2) is 17.6 Å². The molecule has 3 aromatic heterocycles. The van der Waals surface area contributed by atoms with Gasteiger partial charge in [-0.2, -0.15) is 11.3 Å². The summed E-state index contributed by atoms with van der Waals surface area (Å²) in [6, 6.07) is 7.40. The van der Waals surface area contributed by atoms with Crippen molar-refractivity contribution >= 4 is 17.2 Å². The monoisotopic (exact) mass is 302 g/mol. The van der Waals surface area contributed by atoms with Crippen LogP contribution in [0.3, 0.4) is 0 Å². The van der Waals surface area contributed by atoms with Crippen molar-refractivity contribution in [3.05, 3.63) is 64.1 Å². The SMILES string of the molecule is Cc1cc(C(=O)NCC(c2ccsc2)c2ccco2)no1. The molecular formula is C15H14N2O3S. The van der Waals surface area contributed by atoms with Gasteiger partial charge in [-0.05, 0) is 41.4 Å². The first-order valence-electron chi connectivity index (χ1n) is 6.51. The van der Waals surface area contributed by atoms with Crippen LogP contribution in [-0.2, 0) is 0 Å². The first-order chi connectivity index (χ1) is 10.2. The molecule has 0 aromatic carbocycles. The summed E-state index contributed by atoms with van der Waals surface area (Å²) in [5, 5.41) is 10.6. The number of thiophene rings is 1. The van der Waals surface area contributed by atoms with Gasteiger partial charge in [0.25, 0.3) is 5.91 Å². The molecule has 1 amide bonds. The summed E-state index contributed by atoms with van der Waals surface area (Å²) in [4.78, 5) is 12.0. The van der Waals surface area contributed by atoms with Gasteiger partial charge in [-0.25, -0.2) is 0 Å². The fourth-order valence-corrected chi connectivity index (χ4v) is 2.82. The molecule has 3 rings (SSSR count). The summed E-state index contributed by atoms with van der Waals surface area (Å²) in [5.74, 6) is 1.17. The van der Waals surface area contributed by atoms with E-state index in [9.17, 15) is 4.79 Å². The van der Waals surface area contributed by atoms with Gasteiger partial charge in [-0.1, -0.05) is 5.16 Å². The van der Waals surface area contributed by atoms with Crippen molar-refractivity contribution in [2.24, 2.45) is 0 Å². The molecule has 0 aliphatic rings. The van der Waals surface area contributed by atoms with Gasteiger partial charge < -0.3 is 14.3 Å². The number of carbonyl (C=O) groups excluding carboxylic acids is 1. The van der Waals surface area contributed by atoms with Crippen LogP contribution in [0.1, 0.15) is 33.5 Å². The second-order valence-corrected chi connectivity index (χ2v) is 5.44. The van der Waals surface area contributed by atoms with Crippen LogP contribution in [0, 0.1) is 6.92 Å². The van der Waals surface area contributed by atoms with Gasteiger partial charge in [0.1, 0.15) is 11.5 Å². The molecular weight excluding hydrogens is 288 g/mol. The number of carbonyl (C=O) groups is 1. The van der Waals surface area contributed by atoms with Gasteiger partial charge in [0.2, 0.25) is 0 Å². The molecule has 1 atom stereocenters. The van der Waals surface area contributed by atoms with Crippen LogP contribution < -0.4 is 5.32 Å². The fourth-order valence-electron chi connectivity index (χ4n) is 2.10. The van der Waals surface area contributed by atoms with Gasteiger partial charge in [0.15, 0.2) is 5.69 Å². The van der Waals surface area contributed by atoms with Crippen molar-refractivity contribution in [1.82, 2.24) is 10.5 Å². The Morgan fingerprint density at radius 1 is 1.48 bits per heavy atom. The van der Waals surface area contributed by atoms with Crippen LogP contribution in [0.25, 0.3) is 0 Å². The van der Waals surface area contributed by atoms with Crippen molar-refractivity contribution in [2.45, 2.75) is 12.8 Å². The third-order valence-corrected chi connectivity index (χ3v) is 3.86. The number of rotatable bonds is 5. The molecule has 0 bridgehead atoms. The number of nitrogens with one attached hydrogen (secondary N) is 1. The van der Waals surface area contributed by atoms with E-state index < -0.39 is 0 Å². The Morgan fingerprint density at radius 3 is 3.00 bits per heavy atom. The zero-order chi connectivity index (χ0) is 14.7. The molecule has 0 spiro atoms. The van der Waals surface area contributed by atoms with Gasteiger partial charge in [0.05, 0.1) is 12.2 Å². The molecule has 3 heterocycles. The molecule has 6 heteroatoms. The van der Waals surface area contributed by atoms with Crippen molar-refractivity contribution in [3.8, 4) is 0 Å². The lowest BCUT2D eigenvalue weighted by Gasteiger charge is -2.13. The van der Waals surface area contributed by atoms with Crippen molar-refractivity contribution in [3.63, 3.8) is 0 Å². The number of furan rings is 1. The van der Waals surface area contributed by atoms with E-state index >= 15 is 0 Å². The van der Waals surface area contributed by atoms with Crippen molar-refractivity contribution < 1.29 is 13.7 Å². The Bertz CT molecular complexity index is 667. The minimum Gasteiger partial charge on any atom is -0.469 e. The summed E-state index contributed by atoms with van der Waals surface area (Å²) < 4.78 is 10.4. The van der Waals surface area contributed by atoms with E-state index in [4.69, 9.17) is 8.94 Å². The van der Waals surface area contributed by atoms with E-state index in [2.05, 4.69) is 15.9 Å². The Labute approximate surface area is 125 Å². The summed E-state index contributed by atoms with van der Waals surface area (Å²) in [6.07, 6.45) is 1.64. The minimum absolute atomic E-state index is 0.0109. The summed E-state index contributed by atoms with van der Waals surface area (Å²) in [7, 11) is 0. The maximum absolute atomic E-state index is 12.0. The first kappa shape index (κ1) is 13.6. The first-order valence-corrected chi connectivity index (χ1v) is 7.45. The third kappa shape index (κ3) is 3.05. The molecule has 0 saturated carbocycles. The average molecular weight is 302 g/mol. The zero-order valence-corrected chi connectivity index (χ0v) is 12.2. The largest absolute Gasteiger partial charge is 0.469 e. The fraction of sp³-hybridized carbons (Fsp3) is 0.200. The number of hydrogen-bond donors (Lipinski definition) is 1. The lowest BCUT2D eigenvalue weighted by Crippen LogP contribution is -2.28. The number of hydrogen-bond acceptors (Lipinski definition) is 5. The topological polar surface area (TPSA) is 68.3 Å². The number of aromatic nitrogens is 1. The summed E-state index contributed by atoms with van der Waals surface area (Å²) in [6.45, 7) is 2.19. The highest BCUT2D eigenvalue weighted by Crippen LogP contribution is 2.26. The predicted molar refractivity (Wildman–Crippen MR) is 78.4 cm³/mol. The Balaban J connectivity index is 1.72. The molecule has 108 valence electrons. The van der Waals surface area contributed by atoms with Gasteiger partial charge in [-0.3, -0.25) is 4.79 Å². The van der Waals surface area contributed by atoms with E-state index in [0.717, 1.165) is 11.3 Å². The van der Waals surface area contributed by atoms with Crippen LogP contribution in [0.4, 0.5) is 0 Å². The molecule has 0 aliphatic carbocycles. The highest BCUT2D eigenvalue weighted by Gasteiger charge is 2.19. The number of nitrogens with zero attached hydrogens (tertiary/aromatic N) is 1. The maximum Gasteiger partial charge on any atom is 0.273 e. The minimum atomic E-state index is -0.251. The quantitative estimate of drug-likeness (QED) is 0.786. The van der Waals surface area contributed by atoms with Gasteiger partial charge in [-0.15, -0.1) is 0 Å². The van der Waals surface area contributed by atoms with Crippen molar-refractivity contribution in [1.29, 1.82) is 0 Å². The second-order valence-electron chi connectivity index (χ2n) is 4.66. The molecule has 1 unspecified atom stereocenters. The average Bonchev–Trinajstić information content (AvgIpc) is 3.21. The van der Waals surface area contributed by atoms with Gasteiger partial charge >= 0.3 is 0 Å². The van der Waals surface area contributed by atoms with E-state index in [1.54, 1.807) is 30.6 Å². The maximum atomic E-state index is 12.0. The predicted octanol–water partition coefficient (Wildman–Crippen LogP) is 3.20. The van der Waals surface area contributed by atoms with E-state index in [1.165, 1.54) is 0 Å². The molecule has 0 radical (unpaired) electrons. The lowest BCUT2D eigenvalue weighted by molar-refractivity contribution is 0.0942. The molecule has 0 saturated heterocycles. The molecule has 3 aromatic rings. The van der Waals surface area contributed by atoms with E-state index in [-0.39, 0.29) is 17.5 Å². The zero-order valence-electron chi connectivity index (χ0n) is 11.4. The van der Waals surface area contributed by atoms with Crippen LogP contribution in [0.2, 0.25) is 0 Å². The Morgan fingerprint density at radius 2 is 2.38 bits per heavy atom.